The molecule has 174 valence electrons. The maximum absolute atomic E-state index is 4.48. The van der Waals surface area contributed by atoms with Gasteiger partial charge < -0.3 is 9.80 Å². The maximum Gasteiger partial charge on any atom is 0.299 e. The molecular formula is C23H54N6+2. The molecule has 29 heavy (non-hydrogen) atoms. The molecule has 6 nitrogen and oxygen atoms in total. The lowest BCUT2D eigenvalue weighted by atomic mass is 10.1. The van der Waals surface area contributed by atoms with E-state index in [0.717, 1.165) is 28.0 Å². The molecule has 0 bridgehead atoms. The average Bonchev–Trinajstić information content (AvgIpc) is 2.55. The molecule has 0 aliphatic rings. The number of quaternary nitrogens is 2. The summed E-state index contributed by atoms with van der Waals surface area (Å²) >= 11 is 0. The summed E-state index contributed by atoms with van der Waals surface area (Å²) in [5.74, 6) is 2.29. The van der Waals surface area contributed by atoms with Crippen LogP contribution < -0.4 is 0 Å². The standard InChI is InChI=1S/C13H30N3.C10H24N3/c1-7-9-11-15(12-10-8-2)13(14-3)16(4,5)6;1-10(2,3)12(5)9(11-4)13(6,7)8/h7-12H2,1-6H3;1-8H3/q2*+1. The van der Waals surface area contributed by atoms with Crippen molar-refractivity contribution in [1.82, 2.24) is 9.80 Å². The Morgan fingerprint density at radius 2 is 1.07 bits per heavy atom. The first-order valence-electron chi connectivity index (χ1n) is 11.1. The molecule has 0 radical (unpaired) electrons. The van der Waals surface area contributed by atoms with Crippen molar-refractivity contribution < 1.29 is 8.97 Å². The second-order valence-corrected chi connectivity index (χ2v) is 10.5. The minimum atomic E-state index is 0.125. The fraction of sp³-hybridized carbons (Fsp3) is 0.913. The smallest absolute Gasteiger partial charge is 0.299 e. The van der Waals surface area contributed by atoms with Gasteiger partial charge in [0.25, 0.3) is 11.9 Å². The van der Waals surface area contributed by atoms with Crippen LogP contribution in [-0.2, 0) is 0 Å². The first-order chi connectivity index (χ1) is 13.1. The van der Waals surface area contributed by atoms with Crippen LogP contribution in [0.5, 0.6) is 0 Å². The van der Waals surface area contributed by atoms with Gasteiger partial charge in [0.1, 0.15) is 0 Å². The van der Waals surface area contributed by atoms with Crippen molar-refractivity contribution in [3.63, 3.8) is 0 Å². The molecule has 0 aliphatic carbocycles. The Morgan fingerprint density at radius 1 is 0.724 bits per heavy atom. The lowest BCUT2D eigenvalue weighted by molar-refractivity contribution is -0.783. The monoisotopic (exact) mass is 414 g/mol. The molecule has 0 aromatic heterocycles. The van der Waals surface area contributed by atoms with Crippen LogP contribution in [0, 0.1) is 0 Å². The summed E-state index contributed by atoms with van der Waals surface area (Å²) in [6.07, 6.45) is 5.00. The highest BCUT2D eigenvalue weighted by Gasteiger charge is 2.29. The number of hydrogen-bond donors (Lipinski definition) is 0. The zero-order valence-electron chi connectivity index (χ0n) is 22.4. The molecule has 0 amide bonds. The Hall–Kier alpha value is -1.14. The molecule has 0 saturated carbocycles. The zero-order valence-corrected chi connectivity index (χ0v) is 22.4. The Balaban J connectivity index is 0. The SMILES string of the molecule is CCCCN(CCCC)C(=NC)[N+](C)(C)C.CN=C(N(C)C(C)(C)C)[N+](C)(C)C. The van der Waals surface area contributed by atoms with Crippen LogP contribution in [0.3, 0.4) is 0 Å². The van der Waals surface area contributed by atoms with Crippen molar-refractivity contribution >= 4 is 11.9 Å². The third-order valence-corrected chi connectivity index (χ3v) is 4.75. The molecule has 0 unspecified atom stereocenters. The van der Waals surface area contributed by atoms with Crippen molar-refractivity contribution in [2.75, 3.05) is 76.5 Å². The Bertz CT molecular complexity index is 481. The van der Waals surface area contributed by atoms with Crippen molar-refractivity contribution in [1.29, 1.82) is 0 Å². The van der Waals surface area contributed by atoms with Crippen LogP contribution in [-0.4, -0.2) is 113 Å². The number of rotatable bonds is 6. The van der Waals surface area contributed by atoms with E-state index in [9.17, 15) is 0 Å². The van der Waals surface area contributed by atoms with Gasteiger partial charge in [-0.05, 0) is 33.6 Å². The van der Waals surface area contributed by atoms with Gasteiger partial charge in [0, 0.05) is 39.8 Å². The molecule has 0 saturated heterocycles. The van der Waals surface area contributed by atoms with Gasteiger partial charge in [0.15, 0.2) is 0 Å². The fourth-order valence-electron chi connectivity index (χ4n) is 3.08. The number of nitrogens with zero attached hydrogens (tertiary/aromatic N) is 6. The van der Waals surface area contributed by atoms with E-state index in [2.05, 4.69) is 104 Å². The minimum Gasteiger partial charge on any atom is -0.311 e. The van der Waals surface area contributed by atoms with E-state index in [1.165, 1.54) is 31.6 Å². The average molecular weight is 415 g/mol. The van der Waals surface area contributed by atoms with Crippen molar-refractivity contribution in [3.05, 3.63) is 0 Å². The van der Waals surface area contributed by atoms with E-state index >= 15 is 0 Å². The van der Waals surface area contributed by atoms with Crippen molar-refractivity contribution in [2.24, 2.45) is 9.98 Å². The Labute approximate surface area is 183 Å². The molecular weight excluding hydrogens is 360 g/mol. The van der Waals surface area contributed by atoms with Crippen LogP contribution in [0.15, 0.2) is 9.98 Å². The van der Waals surface area contributed by atoms with Crippen LogP contribution in [0.2, 0.25) is 0 Å². The minimum absolute atomic E-state index is 0.125. The van der Waals surface area contributed by atoms with Gasteiger partial charge in [-0.3, -0.25) is 8.97 Å². The number of hydrogen-bond acceptors (Lipinski definition) is 2. The van der Waals surface area contributed by atoms with Crippen molar-refractivity contribution in [2.45, 2.75) is 65.8 Å². The highest BCUT2D eigenvalue weighted by molar-refractivity contribution is 5.73. The molecule has 0 spiro atoms. The van der Waals surface area contributed by atoms with Gasteiger partial charge in [-0.2, -0.15) is 0 Å². The largest absolute Gasteiger partial charge is 0.311 e. The third kappa shape index (κ3) is 12.2. The van der Waals surface area contributed by atoms with Gasteiger partial charge in [-0.15, -0.1) is 0 Å². The lowest BCUT2D eigenvalue weighted by Crippen LogP contribution is -2.55. The molecule has 0 aliphatic heterocycles. The van der Waals surface area contributed by atoms with Gasteiger partial charge in [0.05, 0.1) is 42.3 Å². The number of unbranched alkanes of at least 4 members (excludes halogenated alkanes) is 2. The molecule has 0 fully saturated rings. The topological polar surface area (TPSA) is 31.2 Å². The van der Waals surface area contributed by atoms with Gasteiger partial charge in [-0.25, -0.2) is 9.98 Å². The van der Waals surface area contributed by atoms with E-state index in [-0.39, 0.29) is 5.54 Å². The van der Waals surface area contributed by atoms with E-state index in [0.29, 0.717) is 0 Å². The van der Waals surface area contributed by atoms with Crippen LogP contribution >= 0.6 is 0 Å². The summed E-state index contributed by atoms with van der Waals surface area (Å²) in [5.41, 5.74) is 0.125. The predicted molar refractivity (Wildman–Crippen MR) is 132 cm³/mol. The highest BCUT2D eigenvalue weighted by atomic mass is 15.5. The first kappa shape index (κ1) is 30.1. The molecule has 6 heteroatoms. The van der Waals surface area contributed by atoms with Gasteiger partial charge in [-0.1, -0.05) is 26.7 Å². The molecule has 0 heterocycles. The molecule has 0 atom stereocenters. The Kier molecular flexibility index (Phi) is 13.7. The first-order valence-corrected chi connectivity index (χ1v) is 11.1. The quantitative estimate of drug-likeness (QED) is 0.374. The molecule has 0 aromatic carbocycles. The summed E-state index contributed by atoms with van der Waals surface area (Å²) in [6, 6.07) is 0. The summed E-state index contributed by atoms with van der Waals surface area (Å²) in [7, 11) is 18.8. The van der Waals surface area contributed by atoms with Crippen LogP contribution in [0.25, 0.3) is 0 Å². The van der Waals surface area contributed by atoms with Crippen LogP contribution in [0.1, 0.15) is 60.3 Å². The lowest BCUT2D eigenvalue weighted by Gasteiger charge is -2.38. The van der Waals surface area contributed by atoms with Gasteiger partial charge in [0.2, 0.25) is 0 Å². The Morgan fingerprint density at radius 3 is 1.24 bits per heavy atom. The maximum atomic E-state index is 4.48. The second-order valence-electron chi connectivity index (χ2n) is 10.5. The summed E-state index contributed by atoms with van der Waals surface area (Å²) in [4.78, 5) is 13.5. The number of guanidine groups is 2. The van der Waals surface area contributed by atoms with Crippen LogP contribution in [0.4, 0.5) is 0 Å². The summed E-state index contributed by atoms with van der Waals surface area (Å²) in [6.45, 7) is 13.3. The van der Waals surface area contributed by atoms with E-state index < -0.39 is 0 Å². The molecule has 0 rings (SSSR count). The van der Waals surface area contributed by atoms with E-state index in [4.69, 9.17) is 0 Å². The van der Waals surface area contributed by atoms with E-state index in [1.54, 1.807) is 0 Å². The highest BCUT2D eigenvalue weighted by Crippen LogP contribution is 2.14. The molecule has 0 aromatic rings. The molecule has 0 N–H and O–H groups in total. The predicted octanol–water partition coefficient (Wildman–Crippen LogP) is 3.99. The van der Waals surface area contributed by atoms with E-state index in [1.807, 2.05) is 14.1 Å². The van der Waals surface area contributed by atoms with Gasteiger partial charge >= 0.3 is 0 Å². The second kappa shape index (κ2) is 13.2. The van der Waals surface area contributed by atoms with Crippen molar-refractivity contribution in [3.8, 4) is 0 Å². The fourth-order valence-corrected chi connectivity index (χ4v) is 3.08. The normalized spacial score (nSPS) is 13.7. The zero-order chi connectivity index (χ0) is 23.5. The third-order valence-electron chi connectivity index (χ3n) is 4.75. The summed E-state index contributed by atoms with van der Waals surface area (Å²) < 4.78 is 1.56. The number of aliphatic imine (C=N–C) groups is 2. The summed E-state index contributed by atoms with van der Waals surface area (Å²) in [5, 5.41) is 0.